The largest absolute Gasteiger partial charge is 0.489 e. The Balaban J connectivity index is 1.32. The molecule has 178 valence electrons. The van der Waals surface area contributed by atoms with E-state index in [1.165, 1.54) is 6.07 Å². The maximum absolute atomic E-state index is 12.9. The number of imide groups is 1. The zero-order valence-corrected chi connectivity index (χ0v) is 19.8. The SMILES string of the molecule is O=C1S/C(=C/c2cccc(OCc3cccc4ccccc34)c2)C(=O)N1Cc1ccccc1[N+](=O)[O-]. The number of hydrogen-bond donors (Lipinski definition) is 0. The van der Waals surface area contributed by atoms with Gasteiger partial charge in [-0.25, -0.2) is 0 Å². The molecule has 36 heavy (non-hydrogen) atoms. The lowest BCUT2D eigenvalue weighted by atomic mass is 10.1. The van der Waals surface area contributed by atoms with Crippen molar-refractivity contribution >= 4 is 45.4 Å². The molecule has 1 heterocycles. The van der Waals surface area contributed by atoms with Crippen molar-refractivity contribution in [3.63, 3.8) is 0 Å². The number of hydrogen-bond acceptors (Lipinski definition) is 6. The Kier molecular flexibility index (Phi) is 6.51. The summed E-state index contributed by atoms with van der Waals surface area (Å²) in [6, 6.07) is 27.6. The maximum Gasteiger partial charge on any atom is 0.293 e. The summed E-state index contributed by atoms with van der Waals surface area (Å²) in [5.74, 6) is 0.154. The van der Waals surface area contributed by atoms with E-state index in [0.29, 0.717) is 23.5 Å². The number of carbonyl (C=O) groups is 2. The molecule has 2 amide bonds. The molecule has 1 saturated heterocycles. The minimum Gasteiger partial charge on any atom is -0.489 e. The second-order valence-corrected chi connectivity index (χ2v) is 9.15. The van der Waals surface area contributed by atoms with Crippen LogP contribution in [0.5, 0.6) is 5.75 Å². The highest BCUT2D eigenvalue weighted by Crippen LogP contribution is 2.35. The minimum absolute atomic E-state index is 0.128. The van der Waals surface area contributed by atoms with Crippen LogP contribution in [0.3, 0.4) is 0 Å². The number of fused-ring (bicyclic) bond motifs is 1. The first-order chi connectivity index (χ1) is 17.5. The van der Waals surface area contributed by atoms with Crippen LogP contribution in [0, 0.1) is 10.1 Å². The van der Waals surface area contributed by atoms with Crippen molar-refractivity contribution in [2.45, 2.75) is 13.2 Å². The predicted molar refractivity (Wildman–Crippen MR) is 139 cm³/mol. The molecular weight excluding hydrogens is 476 g/mol. The summed E-state index contributed by atoms with van der Waals surface area (Å²) in [4.78, 5) is 37.5. The Bertz CT molecular complexity index is 1530. The molecule has 4 aromatic rings. The minimum atomic E-state index is -0.520. The second kappa shape index (κ2) is 10.1. The molecule has 0 bridgehead atoms. The Labute approximate surface area is 211 Å². The molecule has 1 fully saturated rings. The van der Waals surface area contributed by atoms with Gasteiger partial charge in [0.25, 0.3) is 16.8 Å². The van der Waals surface area contributed by atoms with Crippen molar-refractivity contribution in [3.8, 4) is 5.75 Å². The molecule has 0 atom stereocenters. The summed E-state index contributed by atoms with van der Waals surface area (Å²) >= 11 is 0.815. The number of ether oxygens (including phenoxy) is 1. The molecule has 7 nitrogen and oxygen atoms in total. The Hall–Kier alpha value is -4.43. The van der Waals surface area contributed by atoms with Crippen LogP contribution < -0.4 is 4.74 Å². The van der Waals surface area contributed by atoms with Gasteiger partial charge in [-0.1, -0.05) is 72.8 Å². The van der Waals surface area contributed by atoms with Crippen molar-refractivity contribution in [1.82, 2.24) is 4.90 Å². The van der Waals surface area contributed by atoms with E-state index >= 15 is 0 Å². The van der Waals surface area contributed by atoms with Crippen LogP contribution in [-0.4, -0.2) is 21.0 Å². The van der Waals surface area contributed by atoms with Crippen molar-refractivity contribution < 1.29 is 19.2 Å². The number of carbonyl (C=O) groups excluding carboxylic acids is 2. The van der Waals surface area contributed by atoms with Gasteiger partial charge in [-0.2, -0.15) is 0 Å². The van der Waals surface area contributed by atoms with E-state index in [1.807, 2.05) is 42.5 Å². The van der Waals surface area contributed by atoms with Gasteiger partial charge in [0.1, 0.15) is 12.4 Å². The van der Waals surface area contributed by atoms with Gasteiger partial charge in [-0.15, -0.1) is 0 Å². The number of para-hydroxylation sites is 1. The van der Waals surface area contributed by atoms with Gasteiger partial charge in [0.15, 0.2) is 0 Å². The maximum atomic E-state index is 12.9. The molecule has 0 N–H and O–H groups in total. The zero-order valence-electron chi connectivity index (χ0n) is 19.0. The van der Waals surface area contributed by atoms with Gasteiger partial charge in [0.2, 0.25) is 0 Å². The number of amides is 2. The number of nitro benzene ring substituents is 1. The van der Waals surface area contributed by atoms with Crippen LogP contribution in [0.4, 0.5) is 10.5 Å². The van der Waals surface area contributed by atoms with E-state index in [-0.39, 0.29) is 17.1 Å². The number of rotatable bonds is 7. The number of benzene rings is 4. The van der Waals surface area contributed by atoms with Gasteiger partial charge < -0.3 is 4.74 Å². The first kappa shape index (κ1) is 23.3. The van der Waals surface area contributed by atoms with Gasteiger partial charge in [0.05, 0.1) is 16.4 Å². The summed E-state index contributed by atoms with van der Waals surface area (Å²) in [6.07, 6.45) is 1.63. The summed E-state index contributed by atoms with van der Waals surface area (Å²) in [7, 11) is 0. The standard InChI is InChI=1S/C28H20N2O5S/c31-27-26(36-28(32)29(27)17-21-9-2-4-14-25(21)30(33)34)16-19-7-5-12-23(15-19)35-18-22-11-6-10-20-8-1-3-13-24(20)22/h1-16H,17-18H2/b26-16+. The number of nitro groups is 1. The van der Waals surface area contributed by atoms with E-state index < -0.39 is 16.1 Å². The summed E-state index contributed by atoms with van der Waals surface area (Å²) < 4.78 is 6.03. The molecule has 0 saturated carbocycles. The average Bonchev–Trinajstić information content (AvgIpc) is 3.15. The van der Waals surface area contributed by atoms with Crippen LogP contribution >= 0.6 is 11.8 Å². The van der Waals surface area contributed by atoms with Crippen LogP contribution in [0.1, 0.15) is 16.7 Å². The molecule has 5 rings (SSSR count). The van der Waals surface area contributed by atoms with E-state index in [2.05, 4.69) is 18.2 Å². The molecule has 0 aliphatic carbocycles. The lowest BCUT2D eigenvalue weighted by Crippen LogP contribution is -2.27. The van der Waals surface area contributed by atoms with Gasteiger partial charge in [-0.05, 0) is 51.9 Å². The highest BCUT2D eigenvalue weighted by Gasteiger charge is 2.36. The highest BCUT2D eigenvalue weighted by molar-refractivity contribution is 8.18. The van der Waals surface area contributed by atoms with Crippen molar-refractivity contribution in [3.05, 3.63) is 123 Å². The predicted octanol–water partition coefficient (Wildman–Crippen LogP) is 6.56. The third-order valence-electron chi connectivity index (χ3n) is 5.82. The fourth-order valence-corrected chi connectivity index (χ4v) is 4.89. The van der Waals surface area contributed by atoms with Crippen molar-refractivity contribution in [1.29, 1.82) is 0 Å². The average molecular weight is 497 g/mol. The fraction of sp³-hybridized carbons (Fsp3) is 0.0714. The monoisotopic (exact) mass is 496 g/mol. The third kappa shape index (κ3) is 4.85. The van der Waals surface area contributed by atoms with E-state index in [1.54, 1.807) is 30.3 Å². The van der Waals surface area contributed by atoms with Crippen LogP contribution in [0.2, 0.25) is 0 Å². The topological polar surface area (TPSA) is 89.8 Å². The molecule has 0 spiro atoms. The lowest BCUT2D eigenvalue weighted by Gasteiger charge is -2.12. The van der Waals surface area contributed by atoms with Crippen molar-refractivity contribution in [2.24, 2.45) is 0 Å². The molecule has 8 heteroatoms. The van der Waals surface area contributed by atoms with E-state index in [9.17, 15) is 19.7 Å². The molecule has 1 aliphatic heterocycles. The first-order valence-corrected chi connectivity index (χ1v) is 12.0. The van der Waals surface area contributed by atoms with E-state index in [4.69, 9.17) is 4.74 Å². The zero-order chi connectivity index (χ0) is 25.1. The molecule has 0 aromatic heterocycles. The number of nitrogens with zero attached hydrogens (tertiary/aromatic N) is 2. The summed E-state index contributed by atoms with van der Waals surface area (Å²) in [6.45, 7) is 0.227. The van der Waals surface area contributed by atoms with Crippen molar-refractivity contribution in [2.75, 3.05) is 0 Å². The highest BCUT2D eigenvalue weighted by atomic mass is 32.2. The Morgan fingerprint density at radius 1 is 0.889 bits per heavy atom. The normalized spacial score (nSPS) is 14.6. The van der Waals surface area contributed by atoms with Gasteiger partial charge in [-0.3, -0.25) is 24.6 Å². The molecule has 1 aliphatic rings. The van der Waals surface area contributed by atoms with Crippen LogP contribution in [0.15, 0.2) is 95.9 Å². The molecule has 4 aromatic carbocycles. The Morgan fingerprint density at radius 3 is 2.47 bits per heavy atom. The third-order valence-corrected chi connectivity index (χ3v) is 6.73. The Morgan fingerprint density at radius 2 is 1.61 bits per heavy atom. The molecule has 0 radical (unpaired) electrons. The lowest BCUT2D eigenvalue weighted by molar-refractivity contribution is -0.385. The summed E-state index contributed by atoms with van der Waals surface area (Å²) in [5, 5.41) is 13.1. The van der Waals surface area contributed by atoms with Crippen LogP contribution in [-0.2, 0) is 17.9 Å². The van der Waals surface area contributed by atoms with Gasteiger partial charge >= 0.3 is 0 Å². The second-order valence-electron chi connectivity index (χ2n) is 8.15. The summed E-state index contributed by atoms with van der Waals surface area (Å²) in [5.41, 5.74) is 1.95. The smallest absolute Gasteiger partial charge is 0.293 e. The molecule has 0 unspecified atom stereocenters. The van der Waals surface area contributed by atoms with Gasteiger partial charge in [0, 0.05) is 11.6 Å². The fourth-order valence-electron chi connectivity index (χ4n) is 4.05. The number of thioether (sulfide) groups is 1. The molecular formula is C28H20N2O5S. The van der Waals surface area contributed by atoms with E-state index in [0.717, 1.165) is 33.0 Å². The first-order valence-electron chi connectivity index (χ1n) is 11.2. The van der Waals surface area contributed by atoms with Crippen LogP contribution in [0.25, 0.3) is 16.8 Å². The quantitative estimate of drug-likeness (QED) is 0.163.